The van der Waals surface area contributed by atoms with E-state index in [9.17, 15) is 14.3 Å². The maximum Gasteiger partial charge on any atom is 0.341 e. The highest BCUT2D eigenvalue weighted by Gasteiger charge is 2.20. The summed E-state index contributed by atoms with van der Waals surface area (Å²) in [6, 6.07) is 18.7. The average molecular weight is 461 g/mol. The number of ether oxygens (including phenoxy) is 1. The van der Waals surface area contributed by atoms with Crippen LogP contribution in [-0.4, -0.2) is 52.5 Å². The molecule has 0 aliphatic heterocycles. The van der Waals surface area contributed by atoms with Crippen LogP contribution in [0.5, 0.6) is 11.6 Å². The van der Waals surface area contributed by atoms with Crippen LogP contribution in [0.1, 0.15) is 16.7 Å². The minimum Gasteiger partial charge on any atom is -0.494 e. The van der Waals surface area contributed by atoms with Crippen molar-refractivity contribution in [2.75, 3.05) is 20.7 Å². The molecule has 0 bridgehead atoms. The van der Waals surface area contributed by atoms with Gasteiger partial charge in [-0.05, 0) is 62.1 Å². The lowest BCUT2D eigenvalue weighted by Crippen LogP contribution is -2.10. The van der Waals surface area contributed by atoms with E-state index in [1.165, 1.54) is 12.1 Å². The van der Waals surface area contributed by atoms with Gasteiger partial charge < -0.3 is 24.8 Å². The molecule has 0 saturated carbocycles. The summed E-state index contributed by atoms with van der Waals surface area (Å²) in [5, 5.41) is 20.3. The summed E-state index contributed by atoms with van der Waals surface area (Å²) in [5.41, 5.74) is 3.64. The van der Waals surface area contributed by atoms with Gasteiger partial charge in [0, 0.05) is 17.5 Å². The summed E-state index contributed by atoms with van der Waals surface area (Å²) in [5.74, 6) is -1.33. The molecular formula is C26H24FN3O4. The number of carboxylic acids is 1. The van der Waals surface area contributed by atoms with Crippen LogP contribution in [-0.2, 0) is 11.3 Å². The van der Waals surface area contributed by atoms with E-state index in [1.807, 2.05) is 38.4 Å². The number of aromatic nitrogens is 1. The number of nitrogens with zero attached hydrogens (tertiary/aromatic N) is 2. The van der Waals surface area contributed by atoms with Crippen molar-refractivity contribution in [3.63, 3.8) is 0 Å². The number of rotatable bonds is 8. The molecule has 7 nitrogen and oxygen atoms in total. The minimum absolute atomic E-state index is 0.152. The van der Waals surface area contributed by atoms with Crippen molar-refractivity contribution in [1.82, 2.24) is 9.88 Å². The molecule has 4 rings (SSSR count). The molecule has 3 N–H and O–H groups in total. The smallest absolute Gasteiger partial charge is 0.341 e. The third kappa shape index (κ3) is 5.24. The molecule has 1 aromatic heterocycles. The topological polar surface area (TPSA) is 98.2 Å². The third-order valence-electron chi connectivity index (χ3n) is 5.12. The molecule has 1 heterocycles. The SMILES string of the molecule is CN(C)Cc1ccc(N=C(c2cccc(OCC(=O)O)c2)c2c(O)[nH]c3cc(F)ccc23)cc1. The Bertz CT molecular complexity index is 1360. The highest BCUT2D eigenvalue weighted by Crippen LogP contribution is 2.32. The summed E-state index contributed by atoms with van der Waals surface area (Å²) >= 11 is 0. The van der Waals surface area contributed by atoms with Crippen molar-refractivity contribution in [2.24, 2.45) is 4.99 Å². The van der Waals surface area contributed by atoms with Crippen LogP contribution in [0.15, 0.2) is 71.7 Å². The monoisotopic (exact) mass is 461 g/mol. The maximum atomic E-state index is 13.8. The van der Waals surface area contributed by atoms with Gasteiger partial charge in [0.1, 0.15) is 11.6 Å². The lowest BCUT2D eigenvalue weighted by molar-refractivity contribution is -0.139. The second kappa shape index (κ2) is 9.76. The number of halogens is 1. The van der Waals surface area contributed by atoms with Crippen molar-refractivity contribution < 1.29 is 24.1 Å². The van der Waals surface area contributed by atoms with E-state index >= 15 is 0 Å². The second-order valence-electron chi connectivity index (χ2n) is 8.11. The zero-order valence-corrected chi connectivity index (χ0v) is 18.7. The predicted octanol–water partition coefficient (Wildman–Crippen LogP) is 4.71. The van der Waals surface area contributed by atoms with Gasteiger partial charge in [0.05, 0.1) is 22.5 Å². The fourth-order valence-electron chi connectivity index (χ4n) is 3.71. The number of hydrogen-bond donors (Lipinski definition) is 3. The second-order valence-corrected chi connectivity index (χ2v) is 8.11. The van der Waals surface area contributed by atoms with Gasteiger partial charge in [-0.15, -0.1) is 0 Å². The van der Waals surface area contributed by atoms with E-state index in [1.54, 1.807) is 30.3 Å². The molecule has 0 fully saturated rings. The molecule has 8 heteroatoms. The van der Waals surface area contributed by atoms with Gasteiger partial charge in [-0.2, -0.15) is 0 Å². The third-order valence-corrected chi connectivity index (χ3v) is 5.12. The van der Waals surface area contributed by atoms with Gasteiger partial charge in [-0.25, -0.2) is 14.2 Å². The summed E-state index contributed by atoms with van der Waals surface area (Å²) in [6.07, 6.45) is 0. The lowest BCUT2D eigenvalue weighted by Gasteiger charge is -2.11. The number of aromatic amines is 1. The normalized spacial score (nSPS) is 11.8. The Morgan fingerprint density at radius 2 is 1.85 bits per heavy atom. The number of benzene rings is 3. The molecule has 0 aliphatic carbocycles. The Kier molecular flexibility index (Phi) is 6.60. The Balaban J connectivity index is 1.84. The van der Waals surface area contributed by atoms with Crippen LogP contribution in [0.25, 0.3) is 10.9 Å². The molecule has 0 spiro atoms. The van der Waals surface area contributed by atoms with E-state index in [-0.39, 0.29) is 5.88 Å². The molecule has 0 aliphatic rings. The van der Waals surface area contributed by atoms with Crippen molar-refractivity contribution in [3.05, 3.63) is 89.2 Å². The first kappa shape index (κ1) is 23.0. The van der Waals surface area contributed by atoms with Crippen molar-refractivity contribution >= 4 is 28.3 Å². The summed E-state index contributed by atoms with van der Waals surface area (Å²) in [6.45, 7) is 0.301. The van der Waals surface area contributed by atoms with Gasteiger partial charge in [-0.3, -0.25) is 0 Å². The fraction of sp³-hybridized carbons (Fsp3) is 0.154. The number of nitrogens with one attached hydrogen (secondary N) is 1. The first-order chi connectivity index (χ1) is 16.3. The van der Waals surface area contributed by atoms with Crippen molar-refractivity contribution in [2.45, 2.75) is 6.54 Å². The van der Waals surface area contributed by atoms with Crippen LogP contribution in [0.4, 0.5) is 10.1 Å². The zero-order valence-electron chi connectivity index (χ0n) is 18.7. The molecule has 3 aromatic carbocycles. The van der Waals surface area contributed by atoms with Gasteiger partial charge in [0.2, 0.25) is 0 Å². The molecule has 34 heavy (non-hydrogen) atoms. The molecule has 0 atom stereocenters. The molecule has 174 valence electrons. The van der Waals surface area contributed by atoms with Crippen LogP contribution in [0.2, 0.25) is 0 Å². The molecule has 0 unspecified atom stereocenters. The number of H-pyrrole nitrogens is 1. The van der Waals surface area contributed by atoms with Gasteiger partial charge in [0.15, 0.2) is 12.5 Å². The Morgan fingerprint density at radius 1 is 1.09 bits per heavy atom. The predicted molar refractivity (Wildman–Crippen MR) is 129 cm³/mol. The number of carboxylic acid groups (broad SMARTS) is 1. The highest BCUT2D eigenvalue weighted by atomic mass is 19.1. The number of aliphatic imine (C=N–C) groups is 1. The van der Waals surface area contributed by atoms with Gasteiger partial charge >= 0.3 is 5.97 Å². The van der Waals surface area contributed by atoms with Crippen molar-refractivity contribution in [1.29, 1.82) is 0 Å². The van der Waals surface area contributed by atoms with Gasteiger partial charge in [-0.1, -0.05) is 24.3 Å². The summed E-state index contributed by atoms with van der Waals surface area (Å²) < 4.78 is 19.1. The van der Waals surface area contributed by atoms with Crippen LogP contribution in [0, 0.1) is 5.82 Å². The number of aliphatic carboxylic acids is 1. The quantitative estimate of drug-likeness (QED) is 0.330. The van der Waals surface area contributed by atoms with Crippen LogP contribution >= 0.6 is 0 Å². The lowest BCUT2D eigenvalue weighted by atomic mass is 10.0. The molecule has 0 radical (unpaired) electrons. The molecule has 4 aromatic rings. The van der Waals surface area contributed by atoms with E-state index < -0.39 is 18.4 Å². The maximum absolute atomic E-state index is 13.8. The Hall–Kier alpha value is -4.17. The van der Waals surface area contributed by atoms with Gasteiger partial charge in [0.25, 0.3) is 0 Å². The zero-order chi connectivity index (χ0) is 24.2. The highest BCUT2D eigenvalue weighted by molar-refractivity contribution is 6.22. The summed E-state index contributed by atoms with van der Waals surface area (Å²) in [4.78, 5) is 20.6. The Morgan fingerprint density at radius 3 is 2.56 bits per heavy atom. The van der Waals surface area contributed by atoms with Crippen LogP contribution < -0.4 is 4.74 Å². The van der Waals surface area contributed by atoms with Crippen LogP contribution in [0.3, 0.4) is 0 Å². The minimum atomic E-state index is -1.09. The fourth-order valence-corrected chi connectivity index (χ4v) is 3.71. The van der Waals surface area contributed by atoms with E-state index in [4.69, 9.17) is 14.8 Å². The molecular weight excluding hydrogens is 437 g/mol. The largest absolute Gasteiger partial charge is 0.494 e. The van der Waals surface area contributed by atoms with Crippen molar-refractivity contribution in [3.8, 4) is 11.6 Å². The first-order valence-corrected chi connectivity index (χ1v) is 10.6. The number of hydrogen-bond acceptors (Lipinski definition) is 5. The number of fused-ring (bicyclic) bond motifs is 1. The Labute approximate surface area is 195 Å². The van der Waals surface area contributed by atoms with E-state index in [0.29, 0.717) is 39.2 Å². The summed E-state index contributed by atoms with van der Waals surface area (Å²) in [7, 11) is 3.98. The van der Waals surface area contributed by atoms with E-state index in [0.717, 1.165) is 12.1 Å². The average Bonchev–Trinajstić information content (AvgIpc) is 3.11. The standard InChI is InChI=1S/C26H24FN3O4/c1-30(2)14-16-6-9-19(10-7-16)28-25(17-4-3-5-20(12-17)34-15-23(31)32)24-21-11-8-18(27)13-22(21)29-26(24)33/h3-13,29,33H,14-15H2,1-2H3,(H,31,32). The molecule has 0 amide bonds. The molecule has 0 saturated heterocycles. The van der Waals surface area contributed by atoms with E-state index in [2.05, 4.69) is 9.88 Å². The first-order valence-electron chi connectivity index (χ1n) is 10.6. The number of aromatic hydroxyl groups is 1. The number of carbonyl (C=O) groups is 1.